The van der Waals surface area contributed by atoms with E-state index >= 15 is 0 Å². The number of nitrogens with two attached hydrogens (primary N) is 1. The van der Waals surface area contributed by atoms with Crippen LogP contribution >= 0.6 is 11.6 Å². The predicted octanol–water partition coefficient (Wildman–Crippen LogP) is 2.54. The van der Waals surface area contributed by atoms with E-state index in [1.807, 2.05) is 19.0 Å². The molecule has 0 spiro atoms. The van der Waals surface area contributed by atoms with Gasteiger partial charge in [0.15, 0.2) is 18.1 Å². The van der Waals surface area contributed by atoms with Gasteiger partial charge in [-0.25, -0.2) is 0 Å². The normalized spacial score (nSPS) is 10.2. The van der Waals surface area contributed by atoms with Gasteiger partial charge in [-0.2, -0.15) is 0 Å². The fourth-order valence-electron chi connectivity index (χ4n) is 2.49. The minimum atomic E-state index is -0.650. The molecular weight excluding hydrogens is 386 g/mol. The van der Waals surface area contributed by atoms with Gasteiger partial charge in [-0.15, -0.1) is 0 Å². The molecule has 8 nitrogen and oxygen atoms in total. The number of halogens is 1. The lowest BCUT2D eigenvalue weighted by Gasteiger charge is -2.19. The maximum absolute atomic E-state index is 12.8. The van der Waals surface area contributed by atoms with Crippen LogP contribution in [0.5, 0.6) is 17.2 Å². The highest BCUT2D eigenvalue weighted by Gasteiger charge is 2.19. The third-order valence-electron chi connectivity index (χ3n) is 3.77. The SMILES string of the molecule is COc1cc(C(=O)Nc2cc(Cl)ccc2N(C)C)cc(OC)c1OCC(N)=O. The fourth-order valence-corrected chi connectivity index (χ4v) is 2.66. The number of rotatable bonds is 8. The predicted molar refractivity (Wildman–Crippen MR) is 108 cm³/mol. The molecule has 0 bridgehead atoms. The second-order valence-electron chi connectivity index (χ2n) is 5.97. The summed E-state index contributed by atoms with van der Waals surface area (Å²) in [6.45, 7) is -0.354. The topological polar surface area (TPSA) is 103 Å². The Morgan fingerprint density at radius 1 is 1.11 bits per heavy atom. The van der Waals surface area contributed by atoms with Gasteiger partial charge in [-0.05, 0) is 30.3 Å². The highest BCUT2D eigenvalue weighted by molar-refractivity contribution is 6.31. The molecule has 2 aromatic rings. The summed E-state index contributed by atoms with van der Waals surface area (Å²) in [5.41, 5.74) is 6.72. The molecule has 0 aliphatic carbocycles. The molecule has 2 rings (SSSR count). The third kappa shape index (κ3) is 4.98. The Morgan fingerprint density at radius 3 is 2.21 bits per heavy atom. The Hall–Kier alpha value is -3.13. The summed E-state index contributed by atoms with van der Waals surface area (Å²) in [5, 5.41) is 3.32. The lowest BCUT2D eigenvalue weighted by atomic mass is 10.1. The molecule has 0 aliphatic rings. The highest BCUT2D eigenvalue weighted by atomic mass is 35.5. The second kappa shape index (κ2) is 9.18. The van der Waals surface area contributed by atoms with Gasteiger partial charge in [0.1, 0.15) is 0 Å². The molecule has 2 aromatic carbocycles. The number of nitrogens with one attached hydrogen (secondary N) is 1. The summed E-state index contributed by atoms with van der Waals surface area (Å²) in [6, 6.07) is 8.17. The number of carbonyl (C=O) groups is 2. The van der Waals surface area contributed by atoms with Crippen molar-refractivity contribution in [2.75, 3.05) is 45.1 Å². The summed E-state index contributed by atoms with van der Waals surface area (Å²) < 4.78 is 15.9. The van der Waals surface area contributed by atoms with Crippen LogP contribution in [0.2, 0.25) is 5.02 Å². The molecular formula is C19H22ClN3O5. The minimum Gasteiger partial charge on any atom is -0.493 e. The van der Waals surface area contributed by atoms with E-state index in [4.69, 9.17) is 31.5 Å². The number of nitrogens with zero attached hydrogens (tertiary/aromatic N) is 1. The number of amides is 2. The van der Waals surface area contributed by atoms with Crippen molar-refractivity contribution in [3.05, 3.63) is 40.9 Å². The largest absolute Gasteiger partial charge is 0.493 e. The van der Waals surface area contributed by atoms with Gasteiger partial charge >= 0.3 is 0 Å². The first kappa shape index (κ1) is 21.2. The number of hydrogen-bond acceptors (Lipinski definition) is 6. The van der Waals surface area contributed by atoms with Crippen LogP contribution in [0.3, 0.4) is 0 Å². The number of hydrogen-bond donors (Lipinski definition) is 2. The summed E-state index contributed by atoms with van der Waals surface area (Å²) in [7, 11) is 6.54. The summed E-state index contributed by atoms with van der Waals surface area (Å²) in [5.74, 6) is -0.419. The van der Waals surface area contributed by atoms with Gasteiger partial charge in [-0.1, -0.05) is 11.6 Å². The molecule has 3 N–H and O–H groups in total. The van der Waals surface area contributed by atoms with Crippen molar-refractivity contribution < 1.29 is 23.8 Å². The number of primary amides is 1. The van der Waals surface area contributed by atoms with Crippen LogP contribution in [0.15, 0.2) is 30.3 Å². The van der Waals surface area contributed by atoms with Crippen LogP contribution in [-0.2, 0) is 4.79 Å². The molecule has 0 heterocycles. The molecule has 2 amide bonds. The Balaban J connectivity index is 2.38. The molecule has 150 valence electrons. The van der Waals surface area contributed by atoms with Gasteiger partial charge in [0.2, 0.25) is 5.75 Å². The average molecular weight is 408 g/mol. The number of anilines is 2. The van der Waals surface area contributed by atoms with E-state index in [0.717, 1.165) is 5.69 Å². The van der Waals surface area contributed by atoms with E-state index in [2.05, 4.69) is 5.32 Å². The van der Waals surface area contributed by atoms with Crippen LogP contribution in [0.1, 0.15) is 10.4 Å². The zero-order valence-electron chi connectivity index (χ0n) is 16.0. The molecule has 0 saturated heterocycles. The van der Waals surface area contributed by atoms with Crippen LogP contribution in [-0.4, -0.2) is 46.7 Å². The van der Waals surface area contributed by atoms with Crippen molar-refractivity contribution in [3.63, 3.8) is 0 Å². The molecule has 0 saturated carbocycles. The molecule has 0 fully saturated rings. The highest BCUT2D eigenvalue weighted by Crippen LogP contribution is 2.39. The second-order valence-corrected chi connectivity index (χ2v) is 6.41. The summed E-state index contributed by atoms with van der Waals surface area (Å²) >= 11 is 6.06. The molecule has 9 heteroatoms. The van der Waals surface area contributed by atoms with Crippen molar-refractivity contribution in [2.24, 2.45) is 5.73 Å². The minimum absolute atomic E-state index is 0.178. The molecule has 0 aliphatic heterocycles. The zero-order chi connectivity index (χ0) is 20.8. The van der Waals surface area contributed by atoms with E-state index in [1.165, 1.54) is 26.4 Å². The van der Waals surface area contributed by atoms with Crippen molar-refractivity contribution in [2.45, 2.75) is 0 Å². The van der Waals surface area contributed by atoms with E-state index < -0.39 is 11.8 Å². The number of ether oxygens (including phenoxy) is 3. The monoisotopic (exact) mass is 407 g/mol. The van der Waals surface area contributed by atoms with E-state index in [-0.39, 0.29) is 29.4 Å². The smallest absolute Gasteiger partial charge is 0.255 e. The summed E-state index contributed by atoms with van der Waals surface area (Å²) in [4.78, 5) is 25.7. The van der Waals surface area contributed by atoms with E-state index in [0.29, 0.717) is 10.7 Å². The lowest BCUT2D eigenvalue weighted by molar-refractivity contribution is -0.120. The number of carbonyl (C=O) groups excluding carboxylic acids is 2. The number of benzene rings is 2. The Morgan fingerprint density at radius 2 is 1.71 bits per heavy atom. The van der Waals surface area contributed by atoms with Crippen LogP contribution in [0, 0.1) is 0 Å². The van der Waals surface area contributed by atoms with Crippen LogP contribution < -0.4 is 30.2 Å². The first-order chi connectivity index (χ1) is 13.3. The quantitative estimate of drug-likeness (QED) is 0.697. The molecule has 0 aromatic heterocycles. The maximum Gasteiger partial charge on any atom is 0.255 e. The van der Waals surface area contributed by atoms with Crippen molar-refractivity contribution in [1.82, 2.24) is 0 Å². The standard InChI is InChI=1S/C19H22ClN3O5/c1-23(2)14-6-5-12(20)9-13(14)22-19(25)11-7-15(26-3)18(16(8-11)27-4)28-10-17(21)24/h5-9H,10H2,1-4H3,(H2,21,24)(H,22,25). The first-order valence-corrected chi connectivity index (χ1v) is 8.60. The molecule has 0 unspecified atom stereocenters. The van der Waals surface area contributed by atoms with Gasteiger partial charge in [0.05, 0.1) is 25.6 Å². The average Bonchev–Trinajstić information content (AvgIpc) is 2.65. The van der Waals surface area contributed by atoms with Crippen molar-refractivity contribution in [3.8, 4) is 17.2 Å². The lowest BCUT2D eigenvalue weighted by Crippen LogP contribution is -2.21. The van der Waals surface area contributed by atoms with Gasteiger partial charge in [0, 0.05) is 24.7 Å². The Kier molecular flexibility index (Phi) is 6.94. The fraction of sp³-hybridized carbons (Fsp3) is 0.263. The maximum atomic E-state index is 12.8. The third-order valence-corrected chi connectivity index (χ3v) is 4.01. The van der Waals surface area contributed by atoms with Gasteiger partial charge < -0.3 is 30.2 Å². The first-order valence-electron chi connectivity index (χ1n) is 8.22. The van der Waals surface area contributed by atoms with Gasteiger partial charge in [0.25, 0.3) is 11.8 Å². The van der Waals surface area contributed by atoms with Crippen molar-refractivity contribution in [1.29, 1.82) is 0 Å². The van der Waals surface area contributed by atoms with E-state index in [1.54, 1.807) is 18.2 Å². The van der Waals surface area contributed by atoms with Crippen molar-refractivity contribution >= 4 is 34.8 Å². The Labute approximate surface area is 168 Å². The molecule has 0 radical (unpaired) electrons. The van der Waals surface area contributed by atoms with Crippen LogP contribution in [0.25, 0.3) is 0 Å². The molecule has 28 heavy (non-hydrogen) atoms. The summed E-state index contributed by atoms with van der Waals surface area (Å²) in [6.07, 6.45) is 0. The van der Waals surface area contributed by atoms with Gasteiger partial charge in [-0.3, -0.25) is 9.59 Å². The van der Waals surface area contributed by atoms with Crippen LogP contribution in [0.4, 0.5) is 11.4 Å². The zero-order valence-corrected chi connectivity index (χ0v) is 16.8. The number of methoxy groups -OCH3 is 2. The van der Waals surface area contributed by atoms with E-state index in [9.17, 15) is 9.59 Å². The molecule has 0 atom stereocenters. The Bertz CT molecular complexity index is 861.